The first kappa shape index (κ1) is 22.9. The van der Waals surface area contributed by atoms with Crippen LogP contribution in [0.2, 0.25) is 5.54 Å². The number of nitrogens with one attached hydrogen (secondary N) is 1. The second-order valence-corrected chi connectivity index (χ2v) is 10.1. The Hall–Kier alpha value is -2.34. The number of nitrogens with zero attached hydrogens (tertiary/aromatic N) is 1. The highest BCUT2D eigenvalue weighted by Crippen LogP contribution is 2.28. The van der Waals surface area contributed by atoms with Crippen LogP contribution in [0.3, 0.4) is 0 Å². The van der Waals surface area contributed by atoms with Gasteiger partial charge in [-0.25, -0.2) is 0 Å². The fourth-order valence-corrected chi connectivity index (χ4v) is 2.98. The van der Waals surface area contributed by atoms with E-state index in [2.05, 4.69) is 12.2 Å². The third kappa shape index (κ3) is 6.89. The number of hydrogen-bond acceptors (Lipinski definition) is 6. The second kappa shape index (κ2) is 10.4. The predicted octanol–water partition coefficient (Wildman–Crippen LogP) is 3.27. The molecule has 0 aliphatic rings. The molecule has 2 atom stereocenters. The van der Waals surface area contributed by atoms with Gasteiger partial charge < -0.3 is 19.5 Å². The van der Waals surface area contributed by atoms with E-state index in [0.717, 1.165) is 15.8 Å². The molecule has 2 unspecified atom stereocenters. The molecule has 0 aliphatic heterocycles. The number of carbonyl (C=O) groups is 1. The van der Waals surface area contributed by atoms with Gasteiger partial charge in [-0.15, -0.1) is 0 Å². The highest BCUT2D eigenvalue weighted by Gasteiger charge is 2.23. The number of amides is 1. The number of benzene rings is 1. The molecule has 0 bridgehead atoms. The van der Waals surface area contributed by atoms with Gasteiger partial charge in [-0.1, -0.05) is 6.92 Å². The van der Waals surface area contributed by atoms with Crippen LogP contribution in [0.15, 0.2) is 35.0 Å². The molecule has 2 rings (SSSR count). The maximum Gasteiger partial charge on any atom is 0.256 e. The Morgan fingerprint density at radius 3 is 2.69 bits per heavy atom. The number of rotatable bonds is 10. The Balaban J connectivity index is 2.15. The zero-order valence-electron chi connectivity index (χ0n) is 17.5. The van der Waals surface area contributed by atoms with E-state index in [4.69, 9.17) is 19.5 Å². The van der Waals surface area contributed by atoms with Gasteiger partial charge in [0.15, 0.2) is 6.79 Å². The first-order valence-corrected chi connectivity index (χ1v) is 11.6. The fourth-order valence-electron chi connectivity index (χ4n) is 2.16. The van der Waals surface area contributed by atoms with Crippen LogP contribution in [-0.2, 0) is 11.3 Å². The van der Waals surface area contributed by atoms with E-state index in [1.54, 1.807) is 36.5 Å². The lowest BCUT2D eigenvalue weighted by Crippen LogP contribution is -2.32. The van der Waals surface area contributed by atoms with Gasteiger partial charge in [0, 0.05) is 16.3 Å². The maximum absolute atomic E-state index is 12.5. The minimum absolute atomic E-state index is 0.0155. The van der Waals surface area contributed by atoms with Crippen molar-refractivity contribution in [2.45, 2.75) is 51.5 Å². The summed E-state index contributed by atoms with van der Waals surface area (Å²) in [6, 6.07) is 8.42. The molecule has 1 N–H and O–H groups in total. The van der Waals surface area contributed by atoms with E-state index >= 15 is 0 Å². The summed E-state index contributed by atoms with van der Waals surface area (Å²) >= 11 is 1.61. The van der Waals surface area contributed by atoms with Crippen molar-refractivity contribution in [2.75, 3.05) is 6.79 Å². The Morgan fingerprint density at radius 1 is 1.31 bits per heavy atom. The molecule has 0 spiro atoms. The molecule has 0 saturated carbocycles. The normalized spacial score (nSPS) is 13.3. The summed E-state index contributed by atoms with van der Waals surface area (Å²) < 4.78 is 17.5. The molecule has 156 valence electrons. The molecule has 1 aromatic carbocycles. The lowest BCUT2D eigenvalue weighted by atomic mass is 10.1. The molecule has 2 aromatic rings. The number of carbonyl (C=O) groups excluding carboxylic acids is 1. The smallest absolute Gasteiger partial charge is 0.256 e. The minimum atomic E-state index is -0.606. The second-order valence-electron chi connectivity index (χ2n) is 7.57. The summed E-state index contributed by atoms with van der Waals surface area (Å²) in [5, 5.41) is 15.6. The summed E-state index contributed by atoms with van der Waals surface area (Å²) in [5.74, 6) is 0.563. The lowest BCUT2D eigenvalue weighted by Gasteiger charge is -2.29. The SMILES string of the molecule is CC(C#N)NC(=O)c1ccc(OCc2ccsc2)cc1OCOC(C)(C)C(C)[SiH3]. The Labute approximate surface area is 179 Å². The number of ether oxygens (including phenoxy) is 3. The molecule has 1 heterocycles. The van der Waals surface area contributed by atoms with Crippen LogP contribution in [0.4, 0.5) is 0 Å². The lowest BCUT2D eigenvalue weighted by molar-refractivity contribution is -0.0870. The first-order valence-electron chi connectivity index (χ1n) is 9.48. The maximum atomic E-state index is 12.5. The minimum Gasteiger partial charge on any atom is -0.489 e. The molecule has 8 heteroatoms. The van der Waals surface area contributed by atoms with Crippen molar-refractivity contribution in [3.63, 3.8) is 0 Å². The molecule has 0 radical (unpaired) electrons. The summed E-state index contributed by atoms with van der Waals surface area (Å²) in [4.78, 5) is 12.5. The summed E-state index contributed by atoms with van der Waals surface area (Å²) in [7, 11) is 1.00. The predicted molar refractivity (Wildman–Crippen MR) is 118 cm³/mol. The first-order chi connectivity index (χ1) is 13.7. The largest absolute Gasteiger partial charge is 0.489 e. The van der Waals surface area contributed by atoms with Crippen LogP contribution in [0, 0.1) is 11.3 Å². The molecule has 1 amide bonds. The molecular formula is C21H28N2O4SSi. The van der Waals surface area contributed by atoms with Crippen molar-refractivity contribution in [2.24, 2.45) is 0 Å². The highest BCUT2D eigenvalue weighted by atomic mass is 32.1. The quantitative estimate of drug-likeness (QED) is 0.460. The van der Waals surface area contributed by atoms with E-state index in [1.807, 2.05) is 36.7 Å². The molecule has 1 aromatic heterocycles. The molecular weight excluding hydrogens is 404 g/mol. The molecule has 0 fully saturated rings. The van der Waals surface area contributed by atoms with Crippen molar-refractivity contribution >= 4 is 27.5 Å². The standard InChI is InChI=1S/C21H28N2O4SSi/c1-14(10-22)23-20(24)18-6-5-17(25-11-16-7-8-28-12-16)9-19(18)26-13-27-21(3,4)15(2)29/h5-9,12,14-15H,11,13H2,1-4,29H3,(H,23,24). The van der Waals surface area contributed by atoms with Gasteiger partial charge in [0.05, 0.1) is 17.2 Å². The summed E-state index contributed by atoms with van der Waals surface area (Å²) in [6.45, 7) is 8.25. The van der Waals surface area contributed by atoms with Crippen LogP contribution >= 0.6 is 11.3 Å². The van der Waals surface area contributed by atoms with Gasteiger partial charge >= 0.3 is 0 Å². The van der Waals surface area contributed by atoms with E-state index < -0.39 is 6.04 Å². The monoisotopic (exact) mass is 432 g/mol. The molecule has 0 aliphatic carbocycles. The summed E-state index contributed by atoms with van der Waals surface area (Å²) in [5.41, 5.74) is 1.53. The van der Waals surface area contributed by atoms with E-state index in [1.165, 1.54) is 0 Å². The van der Waals surface area contributed by atoms with Crippen LogP contribution in [0.1, 0.15) is 43.6 Å². The molecule has 29 heavy (non-hydrogen) atoms. The van der Waals surface area contributed by atoms with Gasteiger partial charge in [-0.05, 0) is 60.8 Å². The summed E-state index contributed by atoms with van der Waals surface area (Å²) in [6.07, 6.45) is 0. The van der Waals surface area contributed by atoms with Gasteiger partial charge in [0.2, 0.25) is 0 Å². The van der Waals surface area contributed by atoms with Gasteiger partial charge in [-0.3, -0.25) is 4.79 Å². The fraction of sp³-hybridized carbons (Fsp3) is 0.429. The van der Waals surface area contributed by atoms with E-state index in [0.29, 0.717) is 29.2 Å². The van der Waals surface area contributed by atoms with Crippen LogP contribution in [0.25, 0.3) is 0 Å². The average molecular weight is 433 g/mol. The van der Waals surface area contributed by atoms with E-state index in [-0.39, 0.29) is 18.3 Å². The van der Waals surface area contributed by atoms with Crippen molar-refractivity contribution < 1.29 is 19.0 Å². The van der Waals surface area contributed by atoms with Crippen molar-refractivity contribution in [1.82, 2.24) is 5.32 Å². The van der Waals surface area contributed by atoms with Gasteiger partial charge in [-0.2, -0.15) is 16.6 Å². The zero-order valence-corrected chi connectivity index (χ0v) is 20.3. The third-order valence-corrected chi connectivity index (χ3v) is 6.88. The number of hydrogen-bond donors (Lipinski definition) is 1. The van der Waals surface area contributed by atoms with E-state index in [9.17, 15) is 4.79 Å². The van der Waals surface area contributed by atoms with Crippen molar-refractivity contribution in [1.29, 1.82) is 5.26 Å². The Kier molecular flexibility index (Phi) is 8.26. The number of nitriles is 1. The zero-order chi connectivity index (χ0) is 21.4. The number of thiophene rings is 1. The van der Waals surface area contributed by atoms with Gasteiger partial charge in [0.25, 0.3) is 5.91 Å². The third-order valence-electron chi connectivity index (χ3n) is 4.76. The topological polar surface area (TPSA) is 80.6 Å². The highest BCUT2D eigenvalue weighted by molar-refractivity contribution is 7.07. The van der Waals surface area contributed by atoms with Crippen molar-refractivity contribution in [3.8, 4) is 17.6 Å². The molecule has 6 nitrogen and oxygen atoms in total. The Bertz CT molecular complexity index is 847. The van der Waals surface area contributed by atoms with Crippen LogP contribution < -0.4 is 14.8 Å². The average Bonchev–Trinajstić information content (AvgIpc) is 3.19. The van der Waals surface area contributed by atoms with Gasteiger partial charge in [0.1, 0.15) is 24.1 Å². The Morgan fingerprint density at radius 2 is 2.07 bits per heavy atom. The van der Waals surface area contributed by atoms with Crippen LogP contribution in [0.5, 0.6) is 11.5 Å². The van der Waals surface area contributed by atoms with Crippen LogP contribution in [-0.4, -0.2) is 34.6 Å². The molecule has 0 saturated heterocycles. The van der Waals surface area contributed by atoms with Crippen molar-refractivity contribution in [3.05, 3.63) is 46.2 Å².